The molecule has 0 spiro atoms. The average molecular weight is 806 g/mol. The molecule has 15 heteroatoms. The molecule has 0 radical (unpaired) electrons. The van der Waals surface area contributed by atoms with Gasteiger partial charge in [-0.2, -0.15) is 0 Å². The highest BCUT2D eigenvalue weighted by Gasteiger charge is 2.58. The van der Waals surface area contributed by atoms with Crippen LogP contribution in [0, 0.1) is 17.8 Å². The first kappa shape index (κ1) is 49.3. The molecule has 15 nitrogen and oxygen atoms in total. The lowest BCUT2D eigenvalue weighted by atomic mass is 9.75. The monoisotopic (exact) mass is 806 g/mol. The predicted molar refractivity (Wildman–Crippen MR) is 212 cm³/mol. The Kier molecular flexibility index (Phi) is 17.6. The van der Waals surface area contributed by atoms with Crippen LogP contribution >= 0.6 is 0 Å². The van der Waals surface area contributed by atoms with Crippen molar-refractivity contribution in [3.8, 4) is 0 Å². The molecule has 0 aliphatic carbocycles. The molecule has 7 N–H and O–H groups in total. The normalized spacial score (nSPS) is 47.9. The number of likely N-dealkylation sites (N-methyl/N-ethyl adjacent to an activating group) is 1. The fourth-order valence-corrected chi connectivity index (χ4v) is 9.21. The topological polar surface area (TPSA) is 201 Å². The third-order valence-electron chi connectivity index (χ3n) is 13.0. The molecule has 0 unspecified atom stereocenters. The van der Waals surface area contributed by atoms with Gasteiger partial charge in [0.15, 0.2) is 12.6 Å². The van der Waals surface area contributed by atoms with E-state index in [-0.39, 0.29) is 43.9 Å². The van der Waals surface area contributed by atoms with Crippen molar-refractivity contribution in [1.29, 1.82) is 0 Å². The van der Waals surface area contributed by atoms with Crippen LogP contribution < -0.4 is 10.6 Å². The van der Waals surface area contributed by atoms with Crippen molar-refractivity contribution < 1.29 is 58.7 Å². The van der Waals surface area contributed by atoms with Crippen LogP contribution in [0.15, 0.2) is 0 Å². The predicted octanol–water partition coefficient (Wildman–Crippen LogP) is 1.93. The van der Waals surface area contributed by atoms with Gasteiger partial charge in [-0.05, 0) is 107 Å². The Labute approximate surface area is 336 Å². The molecule has 0 saturated carbocycles. The average Bonchev–Trinajstić information content (AvgIpc) is 3.12. The molecule has 3 saturated heterocycles. The van der Waals surface area contributed by atoms with Gasteiger partial charge in [-0.3, -0.25) is 4.79 Å². The molecule has 3 rings (SSSR count). The van der Waals surface area contributed by atoms with Crippen LogP contribution in [0.25, 0.3) is 0 Å². The molecular formula is C41H79N3O12. The quantitative estimate of drug-likeness (QED) is 0.118. The molecule has 0 aromatic carbocycles. The smallest absolute Gasteiger partial charge is 0.311 e. The minimum absolute atomic E-state index is 0.0939. The lowest BCUT2D eigenvalue weighted by Crippen LogP contribution is -2.70. The van der Waals surface area contributed by atoms with Crippen molar-refractivity contribution in [2.75, 3.05) is 40.8 Å². The molecule has 18 atom stereocenters. The largest absolute Gasteiger partial charge is 0.459 e. The zero-order chi connectivity index (χ0) is 42.6. The maximum atomic E-state index is 14.3. The lowest BCUT2D eigenvalue weighted by molar-refractivity contribution is -0.336. The second kappa shape index (κ2) is 20.0. The number of aliphatic hydroxyl groups excluding tert-OH is 2. The van der Waals surface area contributed by atoms with Gasteiger partial charge < -0.3 is 69.5 Å². The Morgan fingerprint density at radius 2 is 1.61 bits per heavy atom. The SMILES string of the molecule is CCCNC[C@]1(O)[C@H](C)O[C@@H](O[C@H]2[C@H](C)[C@@H](O[C@@H]3O[C@H](C)C[C@H](N(C)C)[C@@H]3O)[C@](C)(O)C[C@@H](C)CN[C@H](C)[C@@H](O)[C@](C)(O)[C@@H](CC)OC(=O)[C@@H]2C)C[C@@]1(C)OC. The Morgan fingerprint density at radius 3 is 2.18 bits per heavy atom. The minimum atomic E-state index is -1.81. The lowest BCUT2D eigenvalue weighted by Gasteiger charge is -2.53. The third-order valence-corrected chi connectivity index (χ3v) is 13.0. The summed E-state index contributed by atoms with van der Waals surface area (Å²) in [7, 11) is 5.31. The summed E-state index contributed by atoms with van der Waals surface area (Å²) < 4.78 is 38.3. The van der Waals surface area contributed by atoms with Gasteiger partial charge in [0, 0.05) is 38.1 Å². The van der Waals surface area contributed by atoms with Gasteiger partial charge in [0.2, 0.25) is 0 Å². The Morgan fingerprint density at radius 1 is 0.964 bits per heavy atom. The highest BCUT2D eigenvalue weighted by atomic mass is 16.7. The molecule has 0 aromatic heterocycles. The second-order valence-electron chi connectivity index (χ2n) is 18.2. The van der Waals surface area contributed by atoms with E-state index in [1.165, 1.54) is 14.0 Å². The van der Waals surface area contributed by atoms with Gasteiger partial charge in [0.1, 0.15) is 35.1 Å². The van der Waals surface area contributed by atoms with E-state index in [1.807, 2.05) is 53.6 Å². The second-order valence-corrected chi connectivity index (χ2v) is 18.2. The highest BCUT2D eigenvalue weighted by molar-refractivity contribution is 5.73. The van der Waals surface area contributed by atoms with Crippen molar-refractivity contribution in [2.24, 2.45) is 17.8 Å². The Hall–Kier alpha value is -1.05. The van der Waals surface area contributed by atoms with Gasteiger partial charge in [0.05, 0.1) is 35.9 Å². The van der Waals surface area contributed by atoms with Crippen LogP contribution in [0.1, 0.15) is 108 Å². The van der Waals surface area contributed by atoms with Crippen LogP contribution in [0.5, 0.6) is 0 Å². The van der Waals surface area contributed by atoms with Crippen molar-refractivity contribution in [2.45, 2.75) is 198 Å². The van der Waals surface area contributed by atoms with E-state index in [9.17, 15) is 30.3 Å². The number of hydrogen-bond acceptors (Lipinski definition) is 15. The maximum absolute atomic E-state index is 14.3. The van der Waals surface area contributed by atoms with Crippen LogP contribution in [0.3, 0.4) is 0 Å². The van der Waals surface area contributed by atoms with E-state index < -0.39 is 95.5 Å². The van der Waals surface area contributed by atoms with Gasteiger partial charge >= 0.3 is 5.97 Å². The van der Waals surface area contributed by atoms with Crippen LogP contribution in [0.2, 0.25) is 0 Å². The molecule has 0 bridgehead atoms. The van der Waals surface area contributed by atoms with E-state index in [4.69, 9.17) is 28.4 Å². The fraction of sp³-hybridized carbons (Fsp3) is 0.976. The first-order chi connectivity index (χ1) is 25.9. The number of hydrogen-bond donors (Lipinski definition) is 7. The first-order valence-electron chi connectivity index (χ1n) is 20.9. The summed E-state index contributed by atoms with van der Waals surface area (Å²) in [5.74, 6) is -2.66. The first-order valence-corrected chi connectivity index (χ1v) is 20.9. The number of cyclic esters (lactones) is 1. The highest BCUT2D eigenvalue weighted by Crippen LogP contribution is 2.43. The molecule has 3 fully saturated rings. The van der Waals surface area contributed by atoms with Crippen molar-refractivity contribution in [3.05, 3.63) is 0 Å². The maximum Gasteiger partial charge on any atom is 0.311 e. The van der Waals surface area contributed by atoms with E-state index >= 15 is 0 Å². The summed E-state index contributed by atoms with van der Waals surface area (Å²) >= 11 is 0. The zero-order valence-corrected chi connectivity index (χ0v) is 36.8. The third kappa shape index (κ3) is 11.0. The van der Waals surface area contributed by atoms with Crippen LogP contribution in [-0.4, -0.2) is 167 Å². The molecule has 3 aliphatic heterocycles. The number of esters is 1. The van der Waals surface area contributed by atoms with E-state index in [0.29, 0.717) is 19.5 Å². The summed E-state index contributed by atoms with van der Waals surface area (Å²) in [5.41, 5.74) is -5.95. The minimum Gasteiger partial charge on any atom is -0.459 e. The molecule has 0 amide bonds. The molecular weight excluding hydrogens is 726 g/mol. The fourth-order valence-electron chi connectivity index (χ4n) is 9.21. The number of aliphatic hydroxyl groups is 5. The van der Waals surface area contributed by atoms with E-state index in [0.717, 1.165) is 6.42 Å². The van der Waals surface area contributed by atoms with Crippen LogP contribution in [0.4, 0.5) is 0 Å². The number of carbonyl (C=O) groups is 1. The summed E-state index contributed by atoms with van der Waals surface area (Å²) in [6, 6.07) is -0.877. The number of methoxy groups -OCH3 is 1. The Balaban J connectivity index is 2.16. The number of ether oxygens (including phenoxy) is 6. The summed E-state index contributed by atoms with van der Waals surface area (Å²) in [6.07, 6.45) is -6.71. The standard InChI is InChI=1S/C41H79N3O12/c1-15-17-42-22-41(50)28(8)53-31(20-39(41,10)51-14)55-33-25(5)35(56-37-32(45)29(44(12)13)18-24(4)52-37)38(9,48)19-23(3)21-43-27(7)34(46)40(11,49)30(16-2)54-36(47)26(33)6/h23-35,37,42-43,45-46,48-50H,15-22H2,1-14H3/t23-,24-,25+,26-,27-,28+,29+,30-,31+,32+,33+,34-,35-,37+,38-,39-,40-,41+/m1/s1. The molecule has 3 aliphatic rings. The van der Waals surface area contributed by atoms with Gasteiger partial charge in [0.25, 0.3) is 0 Å². The molecule has 56 heavy (non-hydrogen) atoms. The molecule has 3 heterocycles. The van der Waals surface area contributed by atoms with E-state index in [2.05, 4.69) is 10.6 Å². The van der Waals surface area contributed by atoms with Crippen molar-refractivity contribution >= 4 is 5.97 Å². The Bertz CT molecular complexity index is 1230. The summed E-state index contributed by atoms with van der Waals surface area (Å²) in [4.78, 5) is 16.2. The number of carbonyl (C=O) groups excluding carboxylic acids is 1. The zero-order valence-electron chi connectivity index (χ0n) is 36.8. The molecule has 330 valence electrons. The van der Waals surface area contributed by atoms with Crippen molar-refractivity contribution in [1.82, 2.24) is 15.5 Å². The summed E-state index contributed by atoms with van der Waals surface area (Å²) in [5, 5.41) is 65.8. The summed E-state index contributed by atoms with van der Waals surface area (Å²) in [6.45, 7) is 20.9. The van der Waals surface area contributed by atoms with Crippen molar-refractivity contribution in [3.63, 3.8) is 0 Å². The number of nitrogens with zero attached hydrogens (tertiary/aromatic N) is 1. The van der Waals surface area contributed by atoms with Crippen LogP contribution in [-0.2, 0) is 33.2 Å². The number of nitrogens with one attached hydrogen (secondary N) is 2. The van der Waals surface area contributed by atoms with Gasteiger partial charge in [-0.1, -0.05) is 27.7 Å². The molecule has 0 aromatic rings. The number of rotatable bonds is 11. The van der Waals surface area contributed by atoms with Gasteiger partial charge in [-0.15, -0.1) is 0 Å². The van der Waals surface area contributed by atoms with E-state index in [1.54, 1.807) is 34.6 Å². The van der Waals surface area contributed by atoms with Gasteiger partial charge in [-0.25, -0.2) is 0 Å².